The SMILES string of the molecule is CCc1nc(CN2CCN(c3ncc(C)s3)CC2)no1. The number of rotatable bonds is 4. The largest absolute Gasteiger partial charge is 0.346 e. The van der Waals surface area contributed by atoms with E-state index < -0.39 is 0 Å². The Morgan fingerprint density at radius 1 is 1.30 bits per heavy atom. The highest BCUT2D eigenvalue weighted by atomic mass is 32.1. The molecule has 3 rings (SSSR count). The van der Waals surface area contributed by atoms with Crippen LogP contribution in [0.2, 0.25) is 0 Å². The molecule has 1 aliphatic rings. The van der Waals surface area contributed by atoms with Crippen LogP contribution in [0.4, 0.5) is 5.13 Å². The highest BCUT2D eigenvalue weighted by Crippen LogP contribution is 2.22. The zero-order valence-electron chi connectivity index (χ0n) is 11.9. The molecular formula is C13H19N5OS. The molecule has 0 atom stereocenters. The summed E-state index contributed by atoms with van der Waals surface area (Å²) < 4.78 is 5.14. The van der Waals surface area contributed by atoms with Crippen molar-refractivity contribution in [1.82, 2.24) is 20.0 Å². The predicted octanol–water partition coefficient (Wildman–Crippen LogP) is 1.72. The number of piperazine rings is 1. The van der Waals surface area contributed by atoms with Crippen LogP contribution >= 0.6 is 11.3 Å². The summed E-state index contributed by atoms with van der Waals surface area (Å²) in [4.78, 5) is 14.8. The fraction of sp³-hybridized carbons (Fsp3) is 0.615. The molecule has 0 spiro atoms. The third-order valence-corrected chi connectivity index (χ3v) is 4.40. The Morgan fingerprint density at radius 3 is 2.70 bits per heavy atom. The molecule has 0 aliphatic carbocycles. The van der Waals surface area contributed by atoms with E-state index in [-0.39, 0.29) is 0 Å². The van der Waals surface area contributed by atoms with Gasteiger partial charge in [0.25, 0.3) is 0 Å². The van der Waals surface area contributed by atoms with Crippen LogP contribution in [0.1, 0.15) is 23.5 Å². The van der Waals surface area contributed by atoms with Gasteiger partial charge in [-0.15, -0.1) is 11.3 Å². The minimum absolute atomic E-state index is 0.719. The topological polar surface area (TPSA) is 58.3 Å². The monoisotopic (exact) mass is 293 g/mol. The summed E-state index contributed by atoms with van der Waals surface area (Å²) in [7, 11) is 0. The van der Waals surface area contributed by atoms with Gasteiger partial charge in [0.2, 0.25) is 5.89 Å². The lowest BCUT2D eigenvalue weighted by molar-refractivity contribution is 0.240. The van der Waals surface area contributed by atoms with Gasteiger partial charge in [0, 0.05) is 43.7 Å². The first-order valence-electron chi connectivity index (χ1n) is 6.96. The fourth-order valence-corrected chi connectivity index (χ4v) is 3.09. The minimum atomic E-state index is 0.719. The molecule has 0 unspecified atom stereocenters. The molecule has 0 N–H and O–H groups in total. The van der Waals surface area contributed by atoms with E-state index in [1.807, 2.05) is 13.1 Å². The van der Waals surface area contributed by atoms with Gasteiger partial charge in [-0.3, -0.25) is 4.90 Å². The minimum Gasteiger partial charge on any atom is -0.346 e. The maximum atomic E-state index is 5.14. The molecule has 6 nitrogen and oxygen atoms in total. The summed E-state index contributed by atoms with van der Waals surface area (Å²) in [6.45, 7) is 8.92. The normalized spacial score (nSPS) is 16.8. The number of thiazole rings is 1. The van der Waals surface area contributed by atoms with E-state index >= 15 is 0 Å². The highest BCUT2D eigenvalue weighted by Gasteiger charge is 2.20. The quantitative estimate of drug-likeness (QED) is 0.855. The Kier molecular flexibility index (Phi) is 3.98. The van der Waals surface area contributed by atoms with E-state index in [1.54, 1.807) is 11.3 Å². The van der Waals surface area contributed by atoms with E-state index in [0.717, 1.165) is 56.0 Å². The second-order valence-corrected chi connectivity index (χ2v) is 6.19. The van der Waals surface area contributed by atoms with Crippen molar-refractivity contribution in [3.05, 3.63) is 22.8 Å². The van der Waals surface area contributed by atoms with Crippen LogP contribution in [0.3, 0.4) is 0 Å². The van der Waals surface area contributed by atoms with Gasteiger partial charge in [-0.2, -0.15) is 4.98 Å². The Labute approximate surface area is 122 Å². The second-order valence-electron chi connectivity index (χ2n) is 4.97. The van der Waals surface area contributed by atoms with Gasteiger partial charge in [0.05, 0.1) is 6.54 Å². The second kappa shape index (κ2) is 5.88. The number of hydrogen-bond acceptors (Lipinski definition) is 7. The lowest BCUT2D eigenvalue weighted by Gasteiger charge is -2.33. The molecule has 108 valence electrons. The molecule has 20 heavy (non-hydrogen) atoms. The Bertz CT molecular complexity index is 559. The van der Waals surface area contributed by atoms with E-state index in [9.17, 15) is 0 Å². The van der Waals surface area contributed by atoms with Crippen LogP contribution in [0.5, 0.6) is 0 Å². The van der Waals surface area contributed by atoms with Crippen molar-refractivity contribution < 1.29 is 4.52 Å². The molecule has 2 aromatic heterocycles. The zero-order chi connectivity index (χ0) is 13.9. The van der Waals surface area contributed by atoms with Crippen molar-refractivity contribution in [2.75, 3.05) is 31.1 Å². The van der Waals surface area contributed by atoms with Crippen LogP contribution in [-0.2, 0) is 13.0 Å². The fourth-order valence-electron chi connectivity index (χ4n) is 2.28. The van der Waals surface area contributed by atoms with Crippen LogP contribution in [0.15, 0.2) is 10.7 Å². The molecule has 0 radical (unpaired) electrons. The number of aryl methyl sites for hydroxylation is 2. The average molecular weight is 293 g/mol. The summed E-state index contributed by atoms with van der Waals surface area (Å²) in [6, 6.07) is 0. The van der Waals surface area contributed by atoms with Crippen molar-refractivity contribution in [1.29, 1.82) is 0 Å². The van der Waals surface area contributed by atoms with E-state index in [4.69, 9.17) is 4.52 Å². The third-order valence-electron chi connectivity index (χ3n) is 3.43. The van der Waals surface area contributed by atoms with Gasteiger partial charge in [-0.25, -0.2) is 4.98 Å². The molecule has 7 heteroatoms. The predicted molar refractivity (Wildman–Crippen MR) is 78.0 cm³/mol. The molecule has 0 saturated carbocycles. The van der Waals surface area contributed by atoms with E-state index in [0.29, 0.717) is 0 Å². The lowest BCUT2D eigenvalue weighted by Crippen LogP contribution is -2.46. The first kappa shape index (κ1) is 13.5. The highest BCUT2D eigenvalue weighted by molar-refractivity contribution is 7.15. The zero-order valence-corrected chi connectivity index (χ0v) is 12.7. The summed E-state index contributed by atoms with van der Waals surface area (Å²) in [5.41, 5.74) is 0. The van der Waals surface area contributed by atoms with Crippen molar-refractivity contribution in [2.24, 2.45) is 0 Å². The van der Waals surface area contributed by atoms with Crippen LogP contribution in [0.25, 0.3) is 0 Å². The summed E-state index contributed by atoms with van der Waals surface area (Å²) in [6.07, 6.45) is 2.74. The lowest BCUT2D eigenvalue weighted by atomic mass is 10.3. The number of anilines is 1. The van der Waals surface area contributed by atoms with Crippen molar-refractivity contribution >= 4 is 16.5 Å². The molecule has 1 saturated heterocycles. The summed E-state index contributed by atoms with van der Waals surface area (Å²) >= 11 is 1.76. The van der Waals surface area contributed by atoms with Crippen molar-refractivity contribution in [2.45, 2.75) is 26.8 Å². The smallest absolute Gasteiger partial charge is 0.226 e. The molecule has 0 aromatic carbocycles. The Balaban J connectivity index is 1.53. The van der Waals surface area contributed by atoms with E-state index in [1.165, 1.54) is 4.88 Å². The molecular weight excluding hydrogens is 274 g/mol. The van der Waals surface area contributed by atoms with E-state index in [2.05, 4.69) is 31.8 Å². The average Bonchev–Trinajstić information content (AvgIpc) is 3.09. The summed E-state index contributed by atoms with van der Waals surface area (Å²) in [5, 5.41) is 5.14. The third kappa shape index (κ3) is 2.99. The van der Waals surface area contributed by atoms with Crippen molar-refractivity contribution in [3.63, 3.8) is 0 Å². The van der Waals surface area contributed by atoms with Crippen LogP contribution in [-0.4, -0.2) is 46.2 Å². The van der Waals surface area contributed by atoms with Gasteiger partial charge < -0.3 is 9.42 Å². The maximum absolute atomic E-state index is 5.14. The Morgan fingerprint density at radius 2 is 2.10 bits per heavy atom. The van der Waals surface area contributed by atoms with Gasteiger partial charge in [-0.05, 0) is 6.92 Å². The standard InChI is InChI=1S/C13H19N5OS/c1-3-12-15-11(16-19-12)9-17-4-6-18(7-5-17)13-14-8-10(2)20-13/h8H,3-7,9H2,1-2H3. The molecule has 3 heterocycles. The van der Waals surface area contributed by atoms with Crippen molar-refractivity contribution in [3.8, 4) is 0 Å². The molecule has 0 bridgehead atoms. The Hall–Kier alpha value is -1.47. The first-order chi connectivity index (χ1) is 9.74. The molecule has 2 aromatic rings. The van der Waals surface area contributed by atoms with Crippen LogP contribution < -0.4 is 4.90 Å². The summed E-state index contributed by atoms with van der Waals surface area (Å²) in [5.74, 6) is 1.51. The number of aromatic nitrogens is 3. The molecule has 1 fully saturated rings. The molecule has 0 amide bonds. The van der Waals surface area contributed by atoms with Gasteiger partial charge in [0.1, 0.15) is 0 Å². The van der Waals surface area contributed by atoms with Crippen LogP contribution in [0, 0.1) is 6.92 Å². The number of nitrogens with zero attached hydrogens (tertiary/aromatic N) is 5. The maximum Gasteiger partial charge on any atom is 0.226 e. The molecule has 1 aliphatic heterocycles. The van der Waals surface area contributed by atoms with Gasteiger partial charge in [-0.1, -0.05) is 12.1 Å². The van der Waals surface area contributed by atoms with Gasteiger partial charge >= 0.3 is 0 Å². The van der Waals surface area contributed by atoms with Gasteiger partial charge in [0.15, 0.2) is 11.0 Å². The number of hydrogen-bond donors (Lipinski definition) is 0. The first-order valence-corrected chi connectivity index (χ1v) is 7.77.